The summed E-state index contributed by atoms with van der Waals surface area (Å²) in [5.74, 6) is -0.221. The second-order valence-corrected chi connectivity index (χ2v) is 6.44. The predicted octanol–water partition coefficient (Wildman–Crippen LogP) is 2.61. The van der Waals surface area contributed by atoms with Gasteiger partial charge in [0.1, 0.15) is 16.8 Å². The molecule has 0 fully saturated rings. The van der Waals surface area contributed by atoms with Crippen LogP contribution in [-0.2, 0) is 16.1 Å². The van der Waals surface area contributed by atoms with Crippen LogP contribution in [0.1, 0.15) is 33.3 Å². The van der Waals surface area contributed by atoms with Gasteiger partial charge in [-0.1, -0.05) is 17.7 Å². The number of carbonyl (C=O) groups is 2. The Labute approximate surface area is 135 Å². The van der Waals surface area contributed by atoms with Crippen LogP contribution in [0.15, 0.2) is 18.3 Å². The monoisotopic (exact) mass is 327 g/mol. The van der Waals surface area contributed by atoms with Crippen LogP contribution in [0.25, 0.3) is 0 Å². The largest absolute Gasteiger partial charge is 0.444 e. The van der Waals surface area contributed by atoms with Gasteiger partial charge in [0.2, 0.25) is 5.91 Å². The van der Waals surface area contributed by atoms with Crippen molar-refractivity contribution in [2.75, 3.05) is 7.05 Å². The molecule has 122 valence electrons. The molecule has 1 rings (SSSR count). The van der Waals surface area contributed by atoms with E-state index in [0.29, 0.717) is 11.7 Å². The molecule has 0 radical (unpaired) electrons. The van der Waals surface area contributed by atoms with Crippen molar-refractivity contribution in [1.82, 2.24) is 15.2 Å². The van der Waals surface area contributed by atoms with E-state index in [2.05, 4.69) is 10.3 Å². The molecule has 1 atom stereocenters. The highest BCUT2D eigenvalue weighted by Crippen LogP contribution is 2.09. The predicted molar refractivity (Wildman–Crippen MR) is 84.6 cm³/mol. The first kappa shape index (κ1) is 18.2. The van der Waals surface area contributed by atoms with Crippen LogP contribution in [0.3, 0.4) is 0 Å². The Balaban J connectivity index is 2.54. The first-order valence-corrected chi connectivity index (χ1v) is 7.31. The van der Waals surface area contributed by atoms with E-state index in [4.69, 9.17) is 16.3 Å². The second kappa shape index (κ2) is 7.45. The summed E-state index contributed by atoms with van der Waals surface area (Å²) in [6, 6.07) is 2.78. The number of alkyl carbamates (subject to hydrolysis) is 1. The number of hydrogen-bond acceptors (Lipinski definition) is 4. The molecule has 0 aliphatic rings. The maximum Gasteiger partial charge on any atom is 0.408 e. The Morgan fingerprint density at radius 3 is 2.55 bits per heavy atom. The lowest BCUT2D eigenvalue weighted by molar-refractivity contribution is -0.132. The quantitative estimate of drug-likeness (QED) is 0.863. The van der Waals surface area contributed by atoms with Crippen molar-refractivity contribution in [3.8, 4) is 0 Å². The molecule has 0 aliphatic carbocycles. The number of rotatable bonds is 4. The van der Waals surface area contributed by atoms with Crippen LogP contribution in [0.4, 0.5) is 4.79 Å². The molecule has 1 aromatic heterocycles. The zero-order chi connectivity index (χ0) is 16.9. The van der Waals surface area contributed by atoms with Crippen molar-refractivity contribution in [2.24, 2.45) is 0 Å². The van der Waals surface area contributed by atoms with E-state index in [1.54, 1.807) is 53.1 Å². The van der Waals surface area contributed by atoms with E-state index >= 15 is 0 Å². The Hall–Kier alpha value is -1.82. The van der Waals surface area contributed by atoms with Crippen LogP contribution in [0.5, 0.6) is 0 Å². The SMILES string of the molecule is C[C@@H](NC(=O)OC(C)(C)C)C(=O)N(C)Cc1ccc(Cl)nc1. The smallest absolute Gasteiger partial charge is 0.408 e. The standard InChI is InChI=1S/C15H22ClN3O3/c1-10(18-14(21)22-15(2,3)4)13(20)19(5)9-11-6-7-12(16)17-8-11/h6-8,10H,9H2,1-5H3,(H,18,21)/t10-/m1/s1. The lowest BCUT2D eigenvalue weighted by atomic mass is 10.2. The van der Waals surface area contributed by atoms with Gasteiger partial charge in [0.15, 0.2) is 0 Å². The number of halogens is 1. The average Bonchev–Trinajstić information content (AvgIpc) is 2.38. The third kappa shape index (κ3) is 6.30. The summed E-state index contributed by atoms with van der Waals surface area (Å²) in [4.78, 5) is 29.4. The molecule has 22 heavy (non-hydrogen) atoms. The summed E-state index contributed by atoms with van der Waals surface area (Å²) >= 11 is 5.72. The van der Waals surface area contributed by atoms with Crippen molar-refractivity contribution in [3.05, 3.63) is 29.0 Å². The van der Waals surface area contributed by atoms with E-state index in [1.807, 2.05) is 0 Å². The number of nitrogens with zero attached hydrogens (tertiary/aromatic N) is 2. The molecule has 0 aliphatic heterocycles. The van der Waals surface area contributed by atoms with Gasteiger partial charge in [0.25, 0.3) is 0 Å². The van der Waals surface area contributed by atoms with Gasteiger partial charge in [-0.25, -0.2) is 9.78 Å². The van der Waals surface area contributed by atoms with Crippen LogP contribution in [-0.4, -0.2) is 40.6 Å². The van der Waals surface area contributed by atoms with Crippen molar-refractivity contribution < 1.29 is 14.3 Å². The Morgan fingerprint density at radius 2 is 2.05 bits per heavy atom. The molecule has 0 unspecified atom stereocenters. The number of hydrogen-bond donors (Lipinski definition) is 1. The summed E-state index contributed by atoms with van der Waals surface area (Å²) in [7, 11) is 1.66. The van der Waals surface area contributed by atoms with Gasteiger partial charge in [-0.05, 0) is 39.3 Å². The topological polar surface area (TPSA) is 71.5 Å². The highest BCUT2D eigenvalue weighted by atomic mass is 35.5. The Bertz CT molecular complexity index is 526. The molecule has 0 spiro atoms. The number of likely N-dealkylation sites (N-methyl/N-ethyl adjacent to an activating group) is 1. The Kier molecular flexibility index (Phi) is 6.17. The van der Waals surface area contributed by atoms with Gasteiger partial charge in [-0.2, -0.15) is 0 Å². The second-order valence-electron chi connectivity index (χ2n) is 6.05. The average molecular weight is 328 g/mol. The maximum atomic E-state index is 12.2. The van der Waals surface area contributed by atoms with Crippen LogP contribution in [0.2, 0.25) is 5.15 Å². The van der Waals surface area contributed by atoms with Gasteiger partial charge in [0, 0.05) is 19.8 Å². The molecular weight excluding hydrogens is 306 g/mol. The minimum Gasteiger partial charge on any atom is -0.444 e. The normalized spacial score (nSPS) is 12.5. The van der Waals surface area contributed by atoms with Crippen LogP contribution >= 0.6 is 11.6 Å². The van der Waals surface area contributed by atoms with Gasteiger partial charge in [-0.15, -0.1) is 0 Å². The lowest BCUT2D eigenvalue weighted by Gasteiger charge is -2.24. The highest BCUT2D eigenvalue weighted by molar-refractivity contribution is 6.29. The zero-order valence-electron chi connectivity index (χ0n) is 13.5. The molecule has 0 saturated carbocycles. The van der Waals surface area contributed by atoms with E-state index < -0.39 is 17.7 Å². The van der Waals surface area contributed by atoms with E-state index in [0.717, 1.165) is 5.56 Å². The summed E-state index contributed by atoms with van der Waals surface area (Å²) in [5, 5.41) is 2.92. The van der Waals surface area contributed by atoms with Gasteiger partial charge in [0.05, 0.1) is 0 Å². The van der Waals surface area contributed by atoms with Gasteiger partial charge < -0.3 is 15.0 Å². The molecule has 0 aromatic carbocycles. The summed E-state index contributed by atoms with van der Waals surface area (Å²) in [5.41, 5.74) is 0.248. The fourth-order valence-corrected chi connectivity index (χ4v) is 1.84. The summed E-state index contributed by atoms with van der Waals surface area (Å²) in [6.45, 7) is 7.28. The molecule has 0 bridgehead atoms. The maximum absolute atomic E-state index is 12.2. The van der Waals surface area contributed by atoms with Crippen molar-refractivity contribution >= 4 is 23.6 Å². The van der Waals surface area contributed by atoms with E-state index in [1.165, 1.54) is 4.90 Å². The van der Waals surface area contributed by atoms with E-state index in [-0.39, 0.29) is 5.91 Å². The lowest BCUT2D eigenvalue weighted by Crippen LogP contribution is -2.46. The Morgan fingerprint density at radius 1 is 1.41 bits per heavy atom. The highest BCUT2D eigenvalue weighted by Gasteiger charge is 2.23. The number of ether oxygens (including phenoxy) is 1. The molecule has 6 nitrogen and oxygen atoms in total. The molecular formula is C15H22ClN3O3. The number of amides is 2. The van der Waals surface area contributed by atoms with Gasteiger partial charge in [-0.3, -0.25) is 4.79 Å². The number of carbonyl (C=O) groups excluding carboxylic acids is 2. The fourth-order valence-electron chi connectivity index (χ4n) is 1.73. The molecule has 2 amide bonds. The minimum absolute atomic E-state index is 0.221. The van der Waals surface area contributed by atoms with Gasteiger partial charge >= 0.3 is 6.09 Å². The van der Waals surface area contributed by atoms with Crippen molar-refractivity contribution in [1.29, 1.82) is 0 Å². The number of nitrogens with one attached hydrogen (secondary N) is 1. The van der Waals surface area contributed by atoms with Crippen molar-refractivity contribution in [2.45, 2.75) is 45.9 Å². The molecule has 7 heteroatoms. The first-order valence-electron chi connectivity index (χ1n) is 6.93. The van der Waals surface area contributed by atoms with Crippen molar-refractivity contribution in [3.63, 3.8) is 0 Å². The van der Waals surface area contributed by atoms with E-state index in [9.17, 15) is 9.59 Å². The summed E-state index contributed by atoms with van der Waals surface area (Å²) in [6.07, 6.45) is 0.993. The number of pyridine rings is 1. The molecule has 1 heterocycles. The zero-order valence-corrected chi connectivity index (χ0v) is 14.3. The number of aromatic nitrogens is 1. The first-order chi connectivity index (χ1) is 10.1. The van der Waals surface area contributed by atoms with Crippen LogP contribution < -0.4 is 5.32 Å². The minimum atomic E-state index is -0.680. The summed E-state index contributed by atoms with van der Waals surface area (Å²) < 4.78 is 5.12. The fraction of sp³-hybridized carbons (Fsp3) is 0.533. The molecule has 1 N–H and O–H groups in total. The third-order valence-electron chi connectivity index (χ3n) is 2.69. The van der Waals surface area contributed by atoms with Crippen LogP contribution in [0, 0.1) is 0 Å². The molecule has 1 aromatic rings. The third-order valence-corrected chi connectivity index (χ3v) is 2.91. The molecule has 0 saturated heterocycles.